The third kappa shape index (κ3) is 3.91. The van der Waals surface area contributed by atoms with Gasteiger partial charge in [-0.1, -0.05) is 6.92 Å². The van der Waals surface area contributed by atoms with Crippen molar-refractivity contribution < 1.29 is 9.53 Å². The number of hydrogen-bond acceptors (Lipinski definition) is 4. The fourth-order valence-corrected chi connectivity index (χ4v) is 3.00. The summed E-state index contributed by atoms with van der Waals surface area (Å²) >= 11 is 0. The number of carbonyl (C=O) groups excluding carboxylic acids is 1. The molecule has 2 unspecified atom stereocenters. The molecule has 0 aromatic heterocycles. The standard InChI is InChI=1S/C14H27N3O2/c1-12-4-5-15-13(12)14(18)17-7-3-6-16(8-9-17)10-11-19-2/h12-13,15H,3-11H2,1-2H3. The predicted octanol–water partition coefficient (Wildman–Crippen LogP) is 0.165. The van der Waals surface area contributed by atoms with Crippen LogP contribution in [0.5, 0.6) is 0 Å². The molecule has 2 fully saturated rings. The zero-order chi connectivity index (χ0) is 13.7. The molecule has 5 nitrogen and oxygen atoms in total. The maximum Gasteiger partial charge on any atom is 0.240 e. The van der Waals surface area contributed by atoms with Crippen LogP contribution >= 0.6 is 0 Å². The molecule has 2 atom stereocenters. The molecule has 0 spiro atoms. The van der Waals surface area contributed by atoms with Gasteiger partial charge < -0.3 is 15.0 Å². The SMILES string of the molecule is COCCN1CCCN(C(=O)C2NCCC2C)CC1. The summed E-state index contributed by atoms with van der Waals surface area (Å²) in [5.41, 5.74) is 0. The van der Waals surface area contributed by atoms with E-state index < -0.39 is 0 Å². The van der Waals surface area contributed by atoms with Crippen LogP contribution in [0.1, 0.15) is 19.8 Å². The highest BCUT2D eigenvalue weighted by Crippen LogP contribution is 2.17. The summed E-state index contributed by atoms with van der Waals surface area (Å²) in [4.78, 5) is 16.9. The number of rotatable bonds is 4. The maximum atomic E-state index is 12.5. The Bertz CT molecular complexity index is 298. The second-order valence-electron chi connectivity index (χ2n) is 5.71. The lowest BCUT2D eigenvalue weighted by Crippen LogP contribution is -2.47. The van der Waals surface area contributed by atoms with Crippen LogP contribution in [0.4, 0.5) is 0 Å². The van der Waals surface area contributed by atoms with Crippen molar-refractivity contribution in [2.75, 3.05) is 53.0 Å². The summed E-state index contributed by atoms with van der Waals surface area (Å²) in [6.45, 7) is 8.68. The normalized spacial score (nSPS) is 29.5. The first-order valence-electron chi connectivity index (χ1n) is 7.46. The first kappa shape index (κ1) is 14.8. The smallest absolute Gasteiger partial charge is 0.240 e. The van der Waals surface area contributed by atoms with Gasteiger partial charge >= 0.3 is 0 Å². The zero-order valence-corrected chi connectivity index (χ0v) is 12.2. The molecule has 2 rings (SSSR count). The van der Waals surface area contributed by atoms with Crippen LogP contribution in [0.25, 0.3) is 0 Å². The van der Waals surface area contributed by atoms with Crippen LogP contribution in [-0.4, -0.2) is 74.7 Å². The second-order valence-corrected chi connectivity index (χ2v) is 5.71. The molecular formula is C14H27N3O2. The van der Waals surface area contributed by atoms with Gasteiger partial charge in [-0.15, -0.1) is 0 Å². The van der Waals surface area contributed by atoms with E-state index in [1.807, 2.05) is 4.90 Å². The predicted molar refractivity (Wildman–Crippen MR) is 75.1 cm³/mol. The van der Waals surface area contributed by atoms with E-state index in [9.17, 15) is 4.79 Å². The van der Waals surface area contributed by atoms with E-state index >= 15 is 0 Å². The van der Waals surface area contributed by atoms with Crippen molar-refractivity contribution in [3.05, 3.63) is 0 Å². The topological polar surface area (TPSA) is 44.8 Å². The Morgan fingerprint density at radius 2 is 2.16 bits per heavy atom. The molecule has 0 saturated carbocycles. The molecule has 2 saturated heterocycles. The number of carbonyl (C=O) groups is 1. The number of methoxy groups -OCH3 is 1. The first-order chi connectivity index (χ1) is 9.22. The lowest BCUT2D eigenvalue weighted by Gasteiger charge is -2.26. The number of hydrogen-bond donors (Lipinski definition) is 1. The van der Waals surface area contributed by atoms with Gasteiger partial charge in [-0.2, -0.15) is 0 Å². The molecular weight excluding hydrogens is 242 g/mol. The molecule has 0 aliphatic carbocycles. The number of nitrogens with one attached hydrogen (secondary N) is 1. The van der Waals surface area contributed by atoms with Crippen LogP contribution in [0.2, 0.25) is 0 Å². The largest absolute Gasteiger partial charge is 0.383 e. The highest BCUT2D eigenvalue weighted by molar-refractivity contribution is 5.82. The second kappa shape index (κ2) is 7.22. The third-order valence-corrected chi connectivity index (χ3v) is 4.31. The molecule has 19 heavy (non-hydrogen) atoms. The molecule has 0 aromatic rings. The zero-order valence-electron chi connectivity index (χ0n) is 12.2. The van der Waals surface area contributed by atoms with Crippen molar-refractivity contribution >= 4 is 5.91 Å². The van der Waals surface area contributed by atoms with E-state index in [-0.39, 0.29) is 6.04 Å². The summed E-state index contributed by atoms with van der Waals surface area (Å²) in [5, 5.41) is 3.34. The summed E-state index contributed by atoms with van der Waals surface area (Å²) < 4.78 is 5.12. The van der Waals surface area contributed by atoms with E-state index in [2.05, 4.69) is 17.1 Å². The van der Waals surface area contributed by atoms with Crippen molar-refractivity contribution in [1.29, 1.82) is 0 Å². The van der Waals surface area contributed by atoms with Gasteiger partial charge in [0.1, 0.15) is 0 Å². The van der Waals surface area contributed by atoms with Crippen molar-refractivity contribution in [3.63, 3.8) is 0 Å². The van der Waals surface area contributed by atoms with Gasteiger partial charge in [-0.25, -0.2) is 0 Å². The summed E-state index contributed by atoms with van der Waals surface area (Å²) in [7, 11) is 1.74. The third-order valence-electron chi connectivity index (χ3n) is 4.31. The average Bonchev–Trinajstić information content (AvgIpc) is 2.71. The first-order valence-corrected chi connectivity index (χ1v) is 7.46. The van der Waals surface area contributed by atoms with Gasteiger partial charge in [0.15, 0.2) is 0 Å². The van der Waals surface area contributed by atoms with E-state index in [0.29, 0.717) is 11.8 Å². The molecule has 2 heterocycles. The summed E-state index contributed by atoms with van der Waals surface area (Å²) in [5.74, 6) is 0.777. The summed E-state index contributed by atoms with van der Waals surface area (Å²) in [6.07, 6.45) is 2.18. The van der Waals surface area contributed by atoms with Crippen LogP contribution in [0, 0.1) is 5.92 Å². The lowest BCUT2D eigenvalue weighted by atomic mass is 10.0. The monoisotopic (exact) mass is 269 g/mol. The van der Waals surface area contributed by atoms with Gasteiger partial charge in [-0.05, 0) is 31.8 Å². The van der Waals surface area contributed by atoms with Crippen molar-refractivity contribution in [1.82, 2.24) is 15.1 Å². The van der Waals surface area contributed by atoms with E-state index in [1.165, 1.54) is 0 Å². The van der Waals surface area contributed by atoms with Crippen molar-refractivity contribution in [2.24, 2.45) is 5.92 Å². The van der Waals surface area contributed by atoms with E-state index in [0.717, 1.165) is 58.7 Å². The Labute approximate surface area is 116 Å². The van der Waals surface area contributed by atoms with Crippen LogP contribution in [0.3, 0.4) is 0 Å². The highest BCUT2D eigenvalue weighted by Gasteiger charge is 2.33. The fourth-order valence-electron chi connectivity index (χ4n) is 3.00. The Balaban J connectivity index is 1.83. The Hall–Kier alpha value is -0.650. The van der Waals surface area contributed by atoms with Crippen LogP contribution in [-0.2, 0) is 9.53 Å². The number of nitrogens with zero attached hydrogens (tertiary/aromatic N) is 2. The van der Waals surface area contributed by atoms with Gasteiger partial charge in [0.25, 0.3) is 0 Å². The summed E-state index contributed by atoms with van der Waals surface area (Å²) in [6, 6.07) is 0.0468. The molecule has 1 amide bonds. The minimum absolute atomic E-state index is 0.0468. The Morgan fingerprint density at radius 1 is 1.32 bits per heavy atom. The van der Waals surface area contributed by atoms with E-state index in [1.54, 1.807) is 7.11 Å². The average molecular weight is 269 g/mol. The maximum absolute atomic E-state index is 12.5. The molecule has 110 valence electrons. The molecule has 2 aliphatic rings. The minimum Gasteiger partial charge on any atom is -0.383 e. The van der Waals surface area contributed by atoms with Crippen LogP contribution in [0.15, 0.2) is 0 Å². The molecule has 0 aromatic carbocycles. The van der Waals surface area contributed by atoms with Gasteiger partial charge in [0, 0.05) is 33.3 Å². The molecule has 2 aliphatic heterocycles. The minimum atomic E-state index is 0.0468. The number of ether oxygens (including phenoxy) is 1. The van der Waals surface area contributed by atoms with Gasteiger partial charge in [-0.3, -0.25) is 9.69 Å². The number of amides is 1. The molecule has 0 bridgehead atoms. The molecule has 1 N–H and O–H groups in total. The Morgan fingerprint density at radius 3 is 2.84 bits per heavy atom. The molecule has 5 heteroatoms. The van der Waals surface area contributed by atoms with Crippen molar-refractivity contribution in [3.8, 4) is 0 Å². The fraction of sp³-hybridized carbons (Fsp3) is 0.929. The molecule has 0 radical (unpaired) electrons. The Kier molecular flexibility index (Phi) is 5.60. The van der Waals surface area contributed by atoms with E-state index in [4.69, 9.17) is 4.74 Å². The van der Waals surface area contributed by atoms with Crippen molar-refractivity contribution in [2.45, 2.75) is 25.8 Å². The van der Waals surface area contributed by atoms with Gasteiger partial charge in [0.2, 0.25) is 5.91 Å². The quantitative estimate of drug-likeness (QED) is 0.790. The lowest BCUT2D eigenvalue weighted by molar-refractivity contribution is -0.133. The van der Waals surface area contributed by atoms with Gasteiger partial charge in [0.05, 0.1) is 12.6 Å². The van der Waals surface area contributed by atoms with Crippen LogP contribution < -0.4 is 5.32 Å². The highest BCUT2D eigenvalue weighted by atomic mass is 16.5.